The average Bonchev–Trinajstić information content (AvgIpc) is 2.62. The van der Waals surface area contributed by atoms with Crippen molar-refractivity contribution in [3.05, 3.63) is 35.4 Å². The molecule has 2 rings (SSSR count). The molecular formula is C19H25NO5. The van der Waals surface area contributed by atoms with E-state index < -0.39 is 18.0 Å². The summed E-state index contributed by atoms with van der Waals surface area (Å²) in [5.41, 5.74) is 0.620. The van der Waals surface area contributed by atoms with Crippen molar-refractivity contribution in [2.45, 2.75) is 51.7 Å². The highest BCUT2D eigenvalue weighted by atomic mass is 16.5. The molecule has 0 bridgehead atoms. The predicted molar refractivity (Wildman–Crippen MR) is 92.2 cm³/mol. The Morgan fingerprint density at radius 3 is 2.16 bits per heavy atom. The molecule has 1 aliphatic carbocycles. The van der Waals surface area contributed by atoms with Crippen LogP contribution in [0.1, 0.15) is 60.2 Å². The Morgan fingerprint density at radius 1 is 1.04 bits per heavy atom. The van der Waals surface area contributed by atoms with E-state index in [0.717, 1.165) is 19.3 Å². The maximum absolute atomic E-state index is 12.3. The molecule has 0 radical (unpaired) electrons. The van der Waals surface area contributed by atoms with E-state index in [1.165, 1.54) is 37.8 Å². The van der Waals surface area contributed by atoms with Crippen LogP contribution in [0.15, 0.2) is 24.3 Å². The summed E-state index contributed by atoms with van der Waals surface area (Å²) < 4.78 is 9.84. The molecule has 1 aromatic carbocycles. The Balaban J connectivity index is 1.90. The van der Waals surface area contributed by atoms with Gasteiger partial charge in [-0.1, -0.05) is 19.8 Å². The van der Waals surface area contributed by atoms with Gasteiger partial charge in [-0.15, -0.1) is 0 Å². The van der Waals surface area contributed by atoms with Gasteiger partial charge in [-0.05, 0) is 49.9 Å². The van der Waals surface area contributed by atoms with Gasteiger partial charge < -0.3 is 14.8 Å². The fourth-order valence-electron chi connectivity index (χ4n) is 2.97. The monoisotopic (exact) mass is 347 g/mol. The van der Waals surface area contributed by atoms with Gasteiger partial charge in [0, 0.05) is 6.04 Å². The van der Waals surface area contributed by atoms with E-state index >= 15 is 0 Å². The van der Waals surface area contributed by atoms with Gasteiger partial charge in [-0.2, -0.15) is 0 Å². The molecule has 6 heteroatoms. The number of nitrogens with one attached hydrogen (secondary N) is 1. The Bertz CT molecular complexity index is 625. The third-order valence-corrected chi connectivity index (χ3v) is 4.63. The first-order valence-corrected chi connectivity index (χ1v) is 8.62. The molecule has 6 nitrogen and oxygen atoms in total. The number of hydrogen-bond donors (Lipinski definition) is 1. The third-order valence-electron chi connectivity index (χ3n) is 4.63. The van der Waals surface area contributed by atoms with Crippen LogP contribution in [0.4, 0.5) is 0 Å². The van der Waals surface area contributed by atoms with Gasteiger partial charge in [-0.25, -0.2) is 9.59 Å². The first kappa shape index (κ1) is 19.0. The second-order valence-electron chi connectivity index (χ2n) is 6.49. The van der Waals surface area contributed by atoms with Crippen molar-refractivity contribution >= 4 is 17.8 Å². The number of hydrogen-bond acceptors (Lipinski definition) is 5. The second kappa shape index (κ2) is 8.65. The van der Waals surface area contributed by atoms with Gasteiger partial charge in [0.25, 0.3) is 5.91 Å². The molecule has 3 unspecified atom stereocenters. The van der Waals surface area contributed by atoms with Crippen molar-refractivity contribution in [2.24, 2.45) is 5.92 Å². The van der Waals surface area contributed by atoms with Gasteiger partial charge in [0.1, 0.15) is 0 Å². The van der Waals surface area contributed by atoms with Crippen LogP contribution in [0.3, 0.4) is 0 Å². The van der Waals surface area contributed by atoms with Crippen LogP contribution in [0.25, 0.3) is 0 Å². The fourth-order valence-corrected chi connectivity index (χ4v) is 2.97. The molecule has 0 heterocycles. The summed E-state index contributed by atoms with van der Waals surface area (Å²) in [6.45, 7) is 3.69. The van der Waals surface area contributed by atoms with Crippen LogP contribution < -0.4 is 5.32 Å². The minimum Gasteiger partial charge on any atom is -0.465 e. The quantitative estimate of drug-likeness (QED) is 0.828. The van der Waals surface area contributed by atoms with Crippen LogP contribution in [0.5, 0.6) is 0 Å². The van der Waals surface area contributed by atoms with E-state index in [9.17, 15) is 14.4 Å². The zero-order chi connectivity index (χ0) is 18.4. The van der Waals surface area contributed by atoms with Gasteiger partial charge in [0.05, 0.1) is 18.2 Å². The first-order valence-electron chi connectivity index (χ1n) is 8.62. The number of carbonyl (C=O) groups is 3. The maximum atomic E-state index is 12.3. The Hall–Kier alpha value is -2.37. The summed E-state index contributed by atoms with van der Waals surface area (Å²) in [5.74, 6) is -0.922. The first-order chi connectivity index (χ1) is 11.9. The fraction of sp³-hybridized carbons (Fsp3) is 0.526. The van der Waals surface area contributed by atoms with Crippen molar-refractivity contribution in [1.29, 1.82) is 0 Å². The smallest absolute Gasteiger partial charge is 0.338 e. The summed E-state index contributed by atoms with van der Waals surface area (Å²) in [5, 5.41) is 2.98. The van der Waals surface area contributed by atoms with Gasteiger partial charge in [0.15, 0.2) is 6.10 Å². The number of esters is 2. The SMILES string of the molecule is COC(=O)c1ccc(C(=O)OC(C)C(=O)NC2CCCCC2C)cc1. The Kier molecular flexibility index (Phi) is 6.56. The van der Waals surface area contributed by atoms with Gasteiger partial charge >= 0.3 is 11.9 Å². The van der Waals surface area contributed by atoms with E-state index in [-0.39, 0.29) is 17.5 Å². The largest absolute Gasteiger partial charge is 0.465 e. The highest BCUT2D eigenvalue weighted by Crippen LogP contribution is 2.23. The summed E-state index contributed by atoms with van der Waals surface area (Å²) in [4.78, 5) is 35.8. The Morgan fingerprint density at radius 2 is 1.60 bits per heavy atom. The molecular weight excluding hydrogens is 322 g/mol. The molecule has 25 heavy (non-hydrogen) atoms. The van der Waals surface area contributed by atoms with Crippen LogP contribution >= 0.6 is 0 Å². The molecule has 1 amide bonds. The normalized spacial score (nSPS) is 21.1. The van der Waals surface area contributed by atoms with Crippen molar-refractivity contribution < 1.29 is 23.9 Å². The molecule has 1 N–H and O–H groups in total. The molecule has 1 aromatic rings. The topological polar surface area (TPSA) is 81.7 Å². The Labute approximate surface area is 147 Å². The molecule has 0 aliphatic heterocycles. The maximum Gasteiger partial charge on any atom is 0.338 e. The number of rotatable bonds is 5. The van der Waals surface area contributed by atoms with Crippen molar-refractivity contribution in [1.82, 2.24) is 5.32 Å². The lowest BCUT2D eigenvalue weighted by Crippen LogP contribution is -2.45. The second-order valence-corrected chi connectivity index (χ2v) is 6.49. The van der Waals surface area contributed by atoms with E-state index in [2.05, 4.69) is 17.0 Å². The molecule has 1 fully saturated rings. The van der Waals surface area contributed by atoms with E-state index in [0.29, 0.717) is 11.5 Å². The average molecular weight is 347 g/mol. The highest BCUT2D eigenvalue weighted by Gasteiger charge is 2.26. The van der Waals surface area contributed by atoms with Crippen LogP contribution in [0.2, 0.25) is 0 Å². The lowest BCUT2D eigenvalue weighted by atomic mass is 9.86. The molecule has 136 valence electrons. The number of benzene rings is 1. The van der Waals surface area contributed by atoms with E-state index in [1.807, 2.05) is 0 Å². The molecule has 3 atom stereocenters. The van der Waals surface area contributed by atoms with Gasteiger partial charge in [-0.3, -0.25) is 4.79 Å². The summed E-state index contributed by atoms with van der Waals surface area (Å²) in [6, 6.07) is 6.06. The van der Waals surface area contributed by atoms with Crippen LogP contribution in [-0.2, 0) is 14.3 Å². The zero-order valence-corrected chi connectivity index (χ0v) is 14.9. The number of amides is 1. The molecule has 1 saturated carbocycles. The lowest BCUT2D eigenvalue weighted by Gasteiger charge is -2.30. The summed E-state index contributed by atoms with van der Waals surface area (Å²) >= 11 is 0. The minimum absolute atomic E-state index is 0.141. The predicted octanol–water partition coefficient (Wildman–Crippen LogP) is 2.71. The van der Waals surface area contributed by atoms with E-state index in [1.54, 1.807) is 6.92 Å². The van der Waals surface area contributed by atoms with Gasteiger partial charge in [0.2, 0.25) is 0 Å². The zero-order valence-electron chi connectivity index (χ0n) is 14.9. The molecule has 1 aliphatic rings. The summed E-state index contributed by atoms with van der Waals surface area (Å²) in [7, 11) is 1.29. The van der Waals surface area contributed by atoms with Crippen LogP contribution in [0, 0.1) is 5.92 Å². The van der Waals surface area contributed by atoms with Crippen LogP contribution in [-0.4, -0.2) is 37.1 Å². The summed E-state index contributed by atoms with van der Waals surface area (Å²) in [6.07, 6.45) is 3.49. The van der Waals surface area contributed by atoms with Crippen molar-refractivity contribution in [2.75, 3.05) is 7.11 Å². The molecule has 0 aromatic heterocycles. The number of carbonyl (C=O) groups excluding carboxylic acids is 3. The molecule has 0 spiro atoms. The highest BCUT2D eigenvalue weighted by molar-refractivity contribution is 5.94. The van der Waals surface area contributed by atoms with Crippen molar-refractivity contribution in [3.63, 3.8) is 0 Å². The standard InChI is InChI=1S/C19H25NO5/c1-12-6-4-5-7-16(12)20-17(21)13(2)25-19(23)15-10-8-14(9-11-15)18(22)24-3/h8-13,16H,4-7H2,1-3H3,(H,20,21). The minimum atomic E-state index is -0.873. The number of methoxy groups -OCH3 is 1. The number of ether oxygens (including phenoxy) is 2. The van der Waals surface area contributed by atoms with Crippen molar-refractivity contribution in [3.8, 4) is 0 Å². The molecule has 0 saturated heterocycles. The third kappa shape index (κ3) is 5.05. The van der Waals surface area contributed by atoms with E-state index in [4.69, 9.17) is 4.74 Å². The lowest BCUT2D eigenvalue weighted by molar-refractivity contribution is -0.130.